The van der Waals surface area contributed by atoms with Gasteiger partial charge in [-0.2, -0.15) is 25.3 Å². The van der Waals surface area contributed by atoms with Crippen LogP contribution in [0.25, 0.3) is 0 Å². The summed E-state index contributed by atoms with van der Waals surface area (Å²) < 4.78 is 113. The van der Waals surface area contributed by atoms with Gasteiger partial charge in [-0.1, -0.05) is 135 Å². The third kappa shape index (κ3) is 22.5. The summed E-state index contributed by atoms with van der Waals surface area (Å²) in [4.78, 5) is 28.4. The minimum atomic E-state index is -5.30. The summed E-state index contributed by atoms with van der Waals surface area (Å²) in [5, 5.41) is 0. The Morgan fingerprint density at radius 1 is 0.574 bits per heavy atom. The maximum absolute atomic E-state index is 13.5. The molecule has 54 heavy (non-hydrogen) atoms. The summed E-state index contributed by atoms with van der Waals surface area (Å²) in [6.45, 7) is 2.80. The average molecular weight is 834 g/mol. The number of carbonyl (C=O) groups excluding carboxylic acids is 2. The zero-order valence-corrected chi connectivity index (χ0v) is 34.6. The van der Waals surface area contributed by atoms with E-state index in [1.165, 1.54) is 0 Å². The fraction of sp³-hybridized carbons (Fsp3) is 0.944. The predicted molar refractivity (Wildman–Crippen MR) is 204 cm³/mol. The highest BCUT2D eigenvalue weighted by molar-refractivity contribution is 7.81. The fourth-order valence-electron chi connectivity index (χ4n) is 7.85. The molecule has 18 heteroatoms. The van der Waals surface area contributed by atoms with Crippen molar-refractivity contribution < 1.29 is 61.0 Å². The van der Waals surface area contributed by atoms with Crippen molar-refractivity contribution in [3.05, 3.63) is 0 Å². The van der Waals surface area contributed by atoms with Crippen molar-refractivity contribution >= 4 is 42.9 Å². The first-order valence-electron chi connectivity index (χ1n) is 20.3. The summed E-state index contributed by atoms with van der Waals surface area (Å²) in [6, 6.07) is -0.291. The lowest BCUT2D eigenvalue weighted by molar-refractivity contribution is -0.138. The van der Waals surface area contributed by atoms with Crippen LogP contribution in [0.2, 0.25) is 0 Å². The van der Waals surface area contributed by atoms with Crippen molar-refractivity contribution in [3.63, 3.8) is 0 Å². The van der Waals surface area contributed by atoms with E-state index < -0.39 is 49.5 Å². The van der Waals surface area contributed by atoms with E-state index in [-0.39, 0.29) is 49.3 Å². The van der Waals surface area contributed by atoms with Crippen molar-refractivity contribution in [3.8, 4) is 0 Å². The second-order valence-corrected chi connectivity index (χ2v) is 18.3. The molecule has 3 N–H and O–H groups in total. The topological polar surface area (TPSA) is 228 Å². The molecule has 0 bridgehead atoms. The Kier molecular flexibility index (Phi) is 23.4. The summed E-state index contributed by atoms with van der Waals surface area (Å²) in [7, 11) is -15.7. The van der Waals surface area contributed by atoms with Gasteiger partial charge in [0.1, 0.15) is 18.3 Å². The Morgan fingerprint density at radius 3 is 1.44 bits per heavy atom. The van der Waals surface area contributed by atoms with Crippen LogP contribution in [0.4, 0.5) is 0 Å². The molecule has 0 unspecified atom stereocenters. The van der Waals surface area contributed by atoms with Crippen molar-refractivity contribution in [2.45, 2.75) is 205 Å². The van der Waals surface area contributed by atoms with Crippen LogP contribution >= 0.6 is 0 Å². The number of Topliss-reactive ketones (excluding diaryl/α,β-unsaturated/α-hetero) is 1. The number of hydrogen-bond donors (Lipinski definition) is 3. The van der Waals surface area contributed by atoms with Gasteiger partial charge in [-0.3, -0.25) is 23.2 Å². The number of hydrogen-bond acceptors (Lipinski definition) is 11. The van der Waals surface area contributed by atoms with Crippen molar-refractivity contribution in [2.24, 2.45) is 5.92 Å². The fourth-order valence-corrected chi connectivity index (χ4v) is 9.42. The summed E-state index contributed by atoms with van der Waals surface area (Å²) in [5.74, 6) is 0.566. The summed E-state index contributed by atoms with van der Waals surface area (Å²) in [6.07, 6.45) is 14.0. The second kappa shape index (κ2) is 25.9. The zero-order valence-electron chi connectivity index (χ0n) is 32.2. The van der Waals surface area contributed by atoms with E-state index in [9.17, 15) is 48.5 Å². The van der Waals surface area contributed by atoms with Gasteiger partial charge >= 0.3 is 31.2 Å². The van der Waals surface area contributed by atoms with Gasteiger partial charge in [0.2, 0.25) is 5.91 Å². The number of ketones is 1. The average Bonchev–Trinajstić information content (AvgIpc) is 3.57. The van der Waals surface area contributed by atoms with Gasteiger partial charge in [0.15, 0.2) is 5.78 Å². The molecule has 15 nitrogen and oxygen atoms in total. The van der Waals surface area contributed by atoms with E-state index in [4.69, 9.17) is 12.5 Å². The van der Waals surface area contributed by atoms with E-state index in [1.54, 1.807) is 0 Å². The molecular weight excluding hydrogens is 767 g/mol. The number of nitrogens with zero attached hydrogens (tertiary/aromatic N) is 1. The molecule has 2 heterocycles. The number of unbranched alkanes of at least 4 members (excludes halogenated alkanes) is 1. The van der Waals surface area contributed by atoms with Gasteiger partial charge in [0.25, 0.3) is 0 Å². The number of amides is 1. The van der Waals surface area contributed by atoms with Crippen LogP contribution in [0.3, 0.4) is 0 Å². The molecule has 0 aromatic heterocycles. The molecule has 318 valence electrons. The highest BCUT2D eigenvalue weighted by Gasteiger charge is 2.40. The van der Waals surface area contributed by atoms with Crippen molar-refractivity contribution in [1.29, 1.82) is 0 Å². The minimum Gasteiger partial charge on any atom is -0.333 e. The molecule has 1 amide bonds. The van der Waals surface area contributed by atoms with Gasteiger partial charge in [-0.05, 0) is 38.0 Å². The lowest BCUT2D eigenvalue weighted by Crippen LogP contribution is -2.45. The van der Waals surface area contributed by atoms with Crippen molar-refractivity contribution in [1.82, 2.24) is 4.90 Å². The third-order valence-corrected chi connectivity index (χ3v) is 12.0. The molecule has 0 spiro atoms. The van der Waals surface area contributed by atoms with Crippen molar-refractivity contribution in [2.75, 3.05) is 6.54 Å². The first-order chi connectivity index (χ1) is 25.5. The number of carbonyl (C=O) groups is 2. The lowest BCUT2D eigenvalue weighted by Gasteiger charge is -2.30. The Morgan fingerprint density at radius 2 is 1.00 bits per heavy atom. The Bertz CT molecular complexity index is 1410. The van der Waals surface area contributed by atoms with Gasteiger partial charge in [0, 0.05) is 19.4 Å². The molecule has 2 aliphatic rings. The van der Waals surface area contributed by atoms with Crippen LogP contribution < -0.4 is 0 Å². The van der Waals surface area contributed by atoms with Crippen LogP contribution in [0.1, 0.15) is 180 Å². The van der Waals surface area contributed by atoms with E-state index in [0.717, 1.165) is 122 Å². The van der Waals surface area contributed by atoms with Crippen LogP contribution in [-0.4, -0.2) is 86.4 Å². The first kappa shape index (κ1) is 48.9. The van der Waals surface area contributed by atoms with E-state index >= 15 is 0 Å². The standard InChI is InChI=1S/C36H67NO14S3/c1-2-3-22-30-23-17-13-9-8-11-15-19-26-34(50-53(43,44)45)36(51-54(46,47)48)33(49-52(40,41)42)25-18-14-10-6-4-5-7-12-16-20-27-35(39)37-28-21-24-31(37)32(38)29-30/h30-31,33-34,36H,2-29H2,1H3,(H,40,41,42)(H,43,44,45)(H,46,47,48)/t30-,31-,33-,34-,36+/m0/s1. The predicted octanol–water partition coefficient (Wildman–Crippen LogP) is 7.51. The largest absolute Gasteiger partial charge is 0.397 e. The van der Waals surface area contributed by atoms with Crippen LogP contribution in [0.15, 0.2) is 0 Å². The highest BCUT2D eigenvalue weighted by Crippen LogP contribution is 2.29. The monoisotopic (exact) mass is 833 g/mol. The van der Waals surface area contributed by atoms with Crippen LogP contribution in [0, 0.1) is 5.92 Å². The second-order valence-electron chi connectivity index (χ2n) is 15.2. The molecule has 2 aliphatic heterocycles. The van der Waals surface area contributed by atoms with Gasteiger partial charge in [0.05, 0.1) is 6.04 Å². The molecular formula is C36H67NO14S3. The Balaban J connectivity index is 2.14. The van der Waals surface area contributed by atoms with Crippen LogP contribution in [0.5, 0.6) is 0 Å². The Labute approximate surface area is 324 Å². The third-order valence-electron chi connectivity index (χ3n) is 10.6. The number of rotatable bonds is 9. The van der Waals surface area contributed by atoms with Gasteiger partial charge in [-0.15, -0.1) is 0 Å². The normalized spacial score (nSPS) is 27.6. The molecule has 0 aromatic carbocycles. The van der Waals surface area contributed by atoms with E-state index in [2.05, 4.69) is 6.92 Å². The molecule has 2 fully saturated rings. The quantitative estimate of drug-likeness (QED) is 0.191. The maximum Gasteiger partial charge on any atom is 0.397 e. The molecule has 5 atom stereocenters. The zero-order chi connectivity index (χ0) is 40.0. The Hall–Kier alpha value is -1.25. The minimum absolute atomic E-state index is 0.0946. The smallest absolute Gasteiger partial charge is 0.333 e. The van der Waals surface area contributed by atoms with E-state index in [0.29, 0.717) is 32.2 Å². The van der Waals surface area contributed by atoms with Gasteiger partial charge in [-0.25, -0.2) is 12.5 Å². The molecule has 0 aliphatic carbocycles. The summed E-state index contributed by atoms with van der Waals surface area (Å²) >= 11 is 0. The molecule has 0 aromatic rings. The summed E-state index contributed by atoms with van der Waals surface area (Å²) in [5.41, 5.74) is 0. The first-order valence-corrected chi connectivity index (χ1v) is 24.4. The molecule has 2 rings (SSSR count). The van der Waals surface area contributed by atoms with Crippen LogP contribution in [-0.2, 0) is 53.3 Å². The highest BCUT2D eigenvalue weighted by atomic mass is 32.3. The number of fused-ring (bicyclic) bond motifs is 1. The SMILES string of the molecule is CCCC[C@H]1CCCCCCCCC[C@H](OS(=O)(=O)O)[C@H](OS(=O)(=O)O)[C@@H](OS(=O)(=O)O)CCCCCCCCCCCCC(=O)N2CCC[C@H]2C(=O)C1. The molecule has 0 radical (unpaired) electrons. The molecule has 2 saturated heterocycles. The van der Waals surface area contributed by atoms with E-state index in [1.807, 2.05) is 4.90 Å². The van der Waals surface area contributed by atoms with Gasteiger partial charge < -0.3 is 4.90 Å². The maximum atomic E-state index is 13.5. The molecule has 0 saturated carbocycles. The lowest BCUT2D eigenvalue weighted by atomic mass is 9.88.